The minimum atomic E-state index is -1.16. The third-order valence-electron chi connectivity index (χ3n) is 12.2. The molecule has 16 nitrogen and oxygen atoms in total. The van der Waals surface area contributed by atoms with E-state index in [1.165, 1.54) is 0 Å². The van der Waals surface area contributed by atoms with Gasteiger partial charge in [0.05, 0.1) is 0 Å². The molecule has 2 aromatic carbocycles. The van der Waals surface area contributed by atoms with Crippen LogP contribution in [0.3, 0.4) is 0 Å². The number of benzene rings is 2. The summed E-state index contributed by atoms with van der Waals surface area (Å²) < 4.78 is 10.8. The van der Waals surface area contributed by atoms with Crippen LogP contribution in [0.1, 0.15) is 118 Å². The second-order valence-corrected chi connectivity index (χ2v) is 21.1. The van der Waals surface area contributed by atoms with Crippen LogP contribution >= 0.6 is 0 Å². The molecule has 2 heterocycles. The average Bonchev–Trinajstić information content (AvgIpc) is 4.09. The normalized spacial score (nSPS) is 17.5. The molecule has 3 fully saturated rings. The molecule has 3 aliphatic rings. The van der Waals surface area contributed by atoms with Gasteiger partial charge < -0.3 is 45.9 Å². The Kier molecular flexibility index (Phi) is 18.2. The summed E-state index contributed by atoms with van der Waals surface area (Å²) in [7, 11) is 0. The fraction of sp³-hybridized carbons (Fsp3) is 0.627. The van der Waals surface area contributed by atoms with Crippen LogP contribution in [0.15, 0.2) is 60.7 Å². The zero-order valence-electron chi connectivity index (χ0n) is 40.9. The molecular weight excluding hydrogens is 855 g/mol. The number of nitrogens with zero attached hydrogens (tertiary/aromatic N) is 2. The van der Waals surface area contributed by atoms with Gasteiger partial charge in [-0.1, -0.05) is 74.5 Å². The van der Waals surface area contributed by atoms with Gasteiger partial charge >= 0.3 is 12.2 Å². The first-order valence-corrected chi connectivity index (χ1v) is 24.1. The zero-order chi connectivity index (χ0) is 48.9. The van der Waals surface area contributed by atoms with Crippen LogP contribution in [-0.4, -0.2) is 120 Å². The van der Waals surface area contributed by atoms with Crippen molar-refractivity contribution in [2.24, 2.45) is 17.3 Å². The Labute approximate surface area is 396 Å². The molecule has 4 atom stereocenters. The third kappa shape index (κ3) is 17.2. The second kappa shape index (κ2) is 23.4. The number of ether oxygens (including phenoxy) is 2. The maximum absolute atomic E-state index is 14.5. The molecule has 67 heavy (non-hydrogen) atoms. The van der Waals surface area contributed by atoms with Crippen LogP contribution in [0.5, 0.6) is 0 Å². The largest absolute Gasteiger partial charge is 0.444 e. The van der Waals surface area contributed by atoms with E-state index in [1.807, 2.05) is 79.4 Å². The number of likely N-dealkylation sites (tertiary alicyclic amines) is 2. The van der Waals surface area contributed by atoms with Gasteiger partial charge in [0.25, 0.3) is 0 Å². The van der Waals surface area contributed by atoms with Gasteiger partial charge in [0.2, 0.25) is 29.5 Å². The molecule has 5 N–H and O–H groups in total. The minimum absolute atomic E-state index is 0.0486. The van der Waals surface area contributed by atoms with E-state index in [-0.39, 0.29) is 54.7 Å². The third-order valence-corrected chi connectivity index (χ3v) is 12.2. The van der Waals surface area contributed by atoms with Crippen LogP contribution in [0, 0.1) is 17.3 Å². The van der Waals surface area contributed by atoms with Gasteiger partial charge in [0.1, 0.15) is 35.4 Å². The van der Waals surface area contributed by atoms with Gasteiger partial charge in [-0.15, -0.1) is 0 Å². The Morgan fingerprint density at radius 3 is 1.61 bits per heavy atom. The van der Waals surface area contributed by atoms with E-state index >= 15 is 0 Å². The van der Waals surface area contributed by atoms with E-state index in [4.69, 9.17) is 9.47 Å². The number of carbonyl (C=O) groups excluding carboxylic acids is 7. The van der Waals surface area contributed by atoms with E-state index in [0.29, 0.717) is 45.6 Å². The Balaban J connectivity index is 1.30. The molecule has 368 valence electrons. The smallest absolute Gasteiger partial charge is 0.408 e. The van der Waals surface area contributed by atoms with Crippen LogP contribution in [0.2, 0.25) is 0 Å². The van der Waals surface area contributed by atoms with Crippen LogP contribution in [0.25, 0.3) is 0 Å². The number of alkyl carbamates (subject to hydrolysis) is 2. The van der Waals surface area contributed by atoms with E-state index in [9.17, 15) is 33.6 Å². The fourth-order valence-corrected chi connectivity index (χ4v) is 8.57. The number of piperidine rings is 1. The van der Waals surface area contributed by atoms with E-state index < -0.39 is 65.3 Å². The van der Waals surface area contributed by atoms with Crippen molar-refractivity contribution in [1.29, 1.82) is 0 Å². The van der Waals surface area contributed by atoms with Crippen LogP contribution in [0.4, 0.5) is 9.59 Å². The molecule has 2 saturated heterocycles. The Morgan fingerprint density at radius 2 is 1.10 bits per heavy atom. The van der Waals surface area contributed by atoms with Crippen molar-refractivity contribution in [2.45, 2.75) is 155 Å². The molecule has 2 aromatic rings. The van der Waals surface area contributed by atoms with E-state index in [2.05, 4.69) is 26.6 Å². The zero-order valence-corrected chi connectivity index (χ0v) is 40.9. The summed E-state index contributed by atoms with van der Waals surface area (Å²) in [5, 5.41) is 14.2. The molecule has 16 heteroatoms. The summed E-state index contributed by atoms with van der Waals surface area (Å²) >= 11 is 0. The number of nitrogens with one attached hydrogen (secondary N) is 5. The lowest BCUT2D eigenvalue weighted by molar-refractivity contribution is -0.153. The second-order valence-electron chi connectivity index (χ2n) is 21.1. The van der Waals surface area contributed by atoms with Gasteiger partial charge in [-0.05, 0) is 110 Å². The number of hydrogen-bond acceptors (Lipinski definition) is 9. The number of carbonyl (C=O) groups is 7. The monoisotopic (exact) mass is 930 g/mol. The standard InChI is InChI=1S/C51H75N7O9/c1-34(2)29-39(54-43(60)40(30-35-17-11-9-12-18-35)55-44(61)41(31-36-19-13-10-14-20-36)56-48(65)67-50(6,7)8)42(59)53-38(21-15-16-26-52-47(64)66-49(3,4)5)46(63)58-32-51(33-58)24-27-57(28-25-51)45(62)37-22-23-37/h9-14,17-20,34,37-41H,15-16,21-33H2,1-8H3,(H,52,64)(H,53,59)(H,54,60)(H,55,61)(H,56,65). The molecule has 2 aliphatic heterocycles. The summed E-state index contributed by atoms with van der Waals surface area (Å²) in [5.74, 6) is -1.62. The highest BCUT2D eigenvalue weighted by Crippen LogP contribution is 2.42. The molecule has 5 rings (SSSR count). The maximum Gasteiger partial charge on any atom is 0.408 e. The molecule has 1 aliphatic carbocycles. The quantitative estimate of drug-likeness (QED) is 0.107. The molecule has 7 amide bonds. The SMILES string of the molecule is CC(C)CC(NC(=O)C(Cc1ccccc1)NC(=O)C(Cc1ccccc1)NC(=O)OC(C)(C)C)C(=O)NC(CCCCNC(=O)OC(C)(C)C)C(=O)N1CC2(CCN(C(=O)C3CC3)CC2)C1. The molecular formula is C51H75N7O9. The first-order chi connectivity index (χ1) is 31.6. The predicted octanol–water partition coefficient (Wildman–Crippen LogP) is 5.42. The Hall–Kier alpha value is -5.67. The minimum Gasteiger partial charge on any atom is -0.444 e. The molecule has 4 unspecified atom stereocenters. The predicted molar refractivity (Wildman–Crippen MR) is 254 cm³/mol. The summed E-state index contributed by atoms with van der Waals surface area (Å²) in [6.45, 7) is 17.1. The fourth-order valence-electron chi connectivity index (χ4n) is 8.57. The topological polar surface area (TPSA) is 205 Å². The van der Waals surface area contributed by atoms with Crippen molar-refractivity contribution < 1.29 is 43.0 Å². The first kappa shape index (κ1) is 52.3. The van der Waals surface area contributed by atoms with Crippen molar-refractivity contribution in [3.63, 3.8) is 0 Å². The van der Waals surface area contributed by atoms with Crippen molar-refractivity contribution in [2.75, 3.05) is 32.7 Å². The summed E-state index contributed by atoms with van der Waals surface area (Å²) in [6.07, 6.45) is 3.98. The number of hydrogen-bond donors (Lipinski definition) is 5. The van der Waals surface area contributed by atoms with Gasteiger partial charge in [-0.25, -0.2) is 9.59 Å². The van der Waals surface area contributed by atoms with Gasteiger partial charge in [-0.3, -0.25) is 24.0 Å². The van der Waals surface area contributed by atoms with Gasteiger partial charge in [0.15, 0.2) is 0 Å². The maximum atomic E-state index is 14.5. The highest BCUT2D eigenvalue weighted by atomic mass is 16.6. The number of rotatable bonds is 20. The first-order valence-electron chi connectivity index (χ1n) is 24.1. The lowest BCUT2D eigenvalue weighted by atomic mass is 9.71. The highest BCUT2D eigenvalue weighted by Gasteiger charge is 2.49. The summed E-state index contributed by atoms with van der Waals surface area (Å²) in [4.78, 5) is 99.1. The van der Waals surface area contributed by atoms with Gasteiger partial charge in [0, 0.05) is 56.9 Å². The molecule has 0 aromatic heterocycles. The number of unbranched alkanes of at least 4 members (excludes halogenated alkanes) is 1. The molecule has 0 radical (unpaired) electrons. The van der Waals surface area contributed by atoms with Crippen molar-refractivity contribution in [3.8, 4) is 0 Å². The Morgan fingerprint density at radius 1 is 0.627 bits per heavy atom. The van der Waals surface area contributed by atoms with Crippen molar-refractivity contribution >= 4 is 41.7 Å². The summed E-state index contributed by atoms with van der Waals surface area (Å²) in [5.41, 5.74) is -0.0140. The van der Waals surface area contributed by atoms with Crippen LogP contribution < -0.4 is 26.6 Å². The van der Waals surface area contributed by atoms with E-state index in [1.54, 1.807) is 46.4 Å². The van der Waals surface area contributed by atoms with Crippen LogP contribution in [-0.2, 0) is 46.3 Å². The Bertz CT molecular complexity index is 2000. The highest BCUT2D eigenvalue weighted by molar-refractivity contribution is 5.95. The average molecular weight is 930 g/mol. The van der Waals surface area contributed by atoms with Crippen molar-refractivity contribution in [1.82, 2.24) is 36.4 Å². The lowest BCUT2D eigenvalue weighted by Crippen LogP contribution is -2.65. The van der Waals surface area contributed by atoms with Gasteiger partial charge in [-0.2, -0.15) is 0 Å². The summed E-state index contributed by atoms with van der Waals surface area (Å²) in [6, 6.07) is 14.1. The molecule has 1 saturated carbocycles. The number of amides is 7. The molecule has 0 bridgehead atoms. The lowest BCUT2D eigenvalue weighted by Gasteiger charge is -2.54. The molecule has 1 spiro atoms. The van der Waals surface area contributed by atoms with Crippen molar-refractivity contribution in [3.05, 3.63) is 71.8 Å². The van der Waals surface area contributed by atoms with E-state index in [0.717, 1.165) is 36.8 Å².